The van der Waals surface area contributed by atoms with E-state index in [1.807, 2.05) is 0 Å². The fourth-order valence-electron chi connectivity index (χ4n) is 2.55. The highest BCUT2D eigenvalue weighted by Crippen LogP contribution is 2.23. The van der Waals surface area contributed by atoms with Crippen LogP contribution in [-0.4, -0.2) is 47.7 Å². The molecule has 3 rings (SSSR count). The first-order chi connectivity index (χ1) is 12.0. The molecule has 2 aromatic rings. The largest absolute Gasteiger partial charge is 0.480 e. The summed E-state index contributed by atoms with van der Waals surface area (Å²) in [5.41, 5.74) is 0.347. The highest BCUT2D eigenvalue weighted by Gasteiger charge is 2.33. The van der Waals surface area contributed by atoms with Crippen LogP contribution in [0.15, 0.2) is 48.5 Å². The molecular weight excluding hydrogens is 329 g/mol. The third-order valence-corrected chi connectivity index (χ3v) is 3.81. The molecule has 0 bridgehead atoms. The average molecular weight is 345 g/mol. The van der Waals surface area contributed by atoms with Crippen LogP contribution in [0.1, 0.15) is 10.4 Å². The number of rotatable bonds is 4. The van der Waals surface area contributed by atoms with Crippen molar-refractivity contribution in [3.63, 3.8) is 0 Å². The van der Waals surface area contributed by atoms with Gasteiger partial charge < -0.3 is 19.5 Å². The number of halogens is 1. The normalized spacial score (nSPS) is 17.2. The van der Waals surface area contributed by atoms with E-state index in [9.17, 15) is 19.1 Å². The standard InChI is InChI=1S/C18H16FNO5/c19-13-2-1-3-15(10-13)25-14-6-4-12(5-7-14)17(21)20-8-9-24-11-16(20)18(22)23/h1-7,10,16H,8-9,11H2,(H,22,23)/t16-/m0/s1. The van der Waals surface area contributed by atoms with Gasteiger partial charge in [0.2, 0.25) is 0 Å². The first-order valence-corrected chi connectivity index (χ1v) is 7.69. The van der Waals surface area contributed by atoms with E-state index < -0.39 is 17.8 Å². The van der Waals surface area contributed by atoms with Crippen LogP contribution >= 0.6 is 0 Å². The molecule has 0 radical (unpaired) electrons. The SMILES string of the molecule is O=C(O)[C@@H]1COCCN1C(=O)c1ccc(Oc2cccc(F)c2)cc1. The maximum absolute atomic E-state index is 13.2. The van der Waals surface area contributed by atoms with Gasteiger partial charge in [-0.3, -0.25) is 4.79 Å². The van der Waals surface area contributed by atoms with Gasteiger partial charge in [-0.2, -0.15) is 0 Å². The van der Waals surface area contributed by atoms with E-state index in [2.05, 4.69) is 0 Å². The monoisotopic (exact) mass is 345 g/mol. The molecule has 0 unspecified atom stereocenters. The van der Waals surface area contributed by atoms with Gasteiger partial charge in [-0.25, -0.2) is 9.18 Å². The first-order valence-electron chi connectivity index (χ1n) is 7.69. The van der Waals surface area contributed by atoms with Gasteiger partial charge in [-0.05, 0) is 36.4 Å². The van der Waals surface area contributed by atoms with E-state index in [-0.39, 0.29) is 19.1 Å². The van der Waals surface area contributed by atoms with Crippen LogP contribution in [-0.2, 0) is 9.53 Å². The summed E-state index contributed by atoms with van der Waals surface area (Å²) in [6.45, 7) is 0.496. The van der Waals surface area contributed by atoms with Crippen LogP contribution in [0, 0.1) is 5.82 Å². The highest BCUT2D eigenvalue weighted by atomic mass is 19.1. The van der Waals surface area contributed by atoms with Crippen LogP contribution in [0.2, 0.25) is 0 Å². The van der Waals surface area contributed by atoms with Gasteiger partial charge in [0.15, 0.2) is 6.04 Å². The van der Waals surface area contributed by atoms with Gasteiger partial charge in [0, 0.05) is 18.2 Å². The minimum Gasteiger partial charge on any atom is -0.480 e. The first kappa shape index (κ1) is 16.9. The number of amides is 1. The third-order valence-electron chi connectivity index (χ3n) is 3.81. The maximum Gasteiger partial charge on any atom is 0.328 e. The molecule has 0 aliphatic carbocycles. The summed E-state index contributed by atoms with van der Waals surface area (Å²) >= 11 is 0. The molecular formula is C18H16FNO5. The Morgan fingerprint density at radius 2 is 1.92 bits per heavy atom. The van der Waals surface area contributed by atoms with Crippen molar-refractivity contribution in [1.82, 2.24) is 4.90 Å². The maximum atomic E-state index is 13.2. The molecule has 130 valence electrons. The number of benzene rings is 2. The van der Waals surface area contributed by atoms with E-state index in [4.69, 9.17) is 9.47 Å². The number of ether oxygens (including phenoxy) is 2. The summed E-state index contributed by atoms with van der Waals surface area (Å²) in [5.74, 6) is -1.10. The second kappa shape index (κ2) is 7.31. The van der Waals surface area contributed by atoms with Crippen molar-refractivity contribution in [2.24, 2.45) is 0 Å². The molecule has 1 heterocycles. The Morgan fingerprint density at radius 1 is 1.16 bits per heavy atom. The number of carbonyl (C=O) groups is 2. The molecule has 1 N–H and O–H groups in total. The van der Waals surface area contributed by atoms with Crippen LogP contribution in [0.3, 0.4) is 0 Å². The lowest BCUT2D eigenvalue weighted by Crippen LogP contribution is -2.52. The van der Waals surface area contributed by atoms with Crippen molar-refractivity contribution in [3.8, 4) is 11.5 Å². The second-order valence-electron chi connectivity index (χ2n) is 5.51. The summed E-state index contributed by atoms with van der Waals surface area (Å²) < 4.78 is 23.8. The molecule has 0 spiro atoms. The second-order valence-corrected chi connectivity index (χ2v) is 5.51. The number of hydrogen-bond donors (Lipinski definition) is 1. The molecule has 7 heteroatoms. The Kier molecular flexibility index (Phi) is 4.95. The van der Waals surface area contributed by atoms with Gasteiger partial charge in [-0.1, -0.05) is 6.07 Å². The number of carboxylic acid groups (broad SMARTS) is 1. The number of hydrogen-bond acceptors (Lipinski definition) is 4. The molecule has 1 atom stereocenters. The average Bonchev–Trinajstić information content (AvgIpc) is 2.62. The molecule has 6 nitrogen and oxygen atoms in total. The zero-order chi connectivity index (χ0) is 17.8. The van der Waals surface area contributed by atoms with Crippen molar-refractivity contribution < 1.29 is 28.6 Å². The topological polar surface area (TPSA) is 76.1 Å². The van der Waals surface area contributed by atoms with E-state index in [1.165, 1.54) is 23.1 Å². The van der Waals surface area contributed by atoms with Crippen LogP contribution < -0.4 is 4.74 Å². The molecule has 1 amide bonds. The molecule has 1 aliphatic heterocycles. The van der Waals surface area contributed by atoms with Crippen molar-refractivity contribution in [1.29, 1.82) is 0 Å². The lowest BCUT2D eigenvalue weighted by Gasteiger charge is -2.32. The predicted octanol–water partition coefficient (Wildman–Crippen LogP) is 2.54. The summed E-state index contributed by atoms with van der Waals surface area (Å²) in [6, 6.07) is 11.0. The van der Waals surface area contributed by atoms with E-state index >= 15 is 0 Å². The summed E-state index contributed by atoms with van der Waals surface area (Å²) in [7, 11) is 0. The van der Waals surface area contributed by atoms with E-state index in [1.54, 1.807) is 30.3 Å². The van der Waals surface area contributed by atoms with Gasteiger partial charge >= 0.3 is 5.97 Å². The number of carboxylic acids is 1. The number of aliphatic carboxylic acids is 1. The Labute approximate surface area is 143 Å². The van der Waals surface area contributed by atoms with Crippen molar-refractivity contribution in [2.75, 3.05) is 19.8 Å². The zero-order valence-electron chi connectivity index (χ0n) is 13.2. The lowest BCUT2D eigenvalue weighted by atomic mass is 10.1. The van der Waals surface area contributed by atoms with Crippen molar-refractivity contribution in [3.05, 3.63) is 59.9 Å². The van der Waals surface area contributed by atoms with Crippen LogP contribution in [0.25, 0.3) is 0 Å². The van der Waals surface area contributed by atoms with Gasteiger partial charge in [0.1, 0.15) is 17.3 Å². The lowest BCUT2D eigenvalue weighted by molar-refractivity contribution is -0.147. The fourth-order valence-corrected chi connectivity index (χ4v) is 2.55. The highest BCUT2D eigenvalue weighted by molar-refractivity contribution is 5.96. The molecule has 0 saturated carbocycles. The minimum absolute atomic E-state index is 0.0260. The van der Waals surface area contributed by atoms with Crippen LogP contribution in [0.5, 0.6) is 11.5 Å². The Morgan fingerprint density at radius 3 is 2.60 bits per heavy atom. The van der Waals surface area contributed by atoms with Crippen molar-refractivity contribution in [2.45, 2.75) is 6.04 Å². The van der Waals surface area contributed by atoms with E-state index in [0.29, 0.717) is 23.7 Å². The van der Waals surface area contributed by atoms with Gasteiger partial charge in [-0.15, -0.1) is 0 Å². The molecule has 25 heavy (non-hydrogen) atoms. The molecule has 1 saturated heterocycles. The predicted molar refractivity (Wildman–Crippen MR) is 86.2 cm³/mol. The number of carbonyl (C=O) groups excluding carboxylic acids is 1. The number of morpholine rings is 1. The van der Waals surface area contributed by atoms with E-state index in [0.717, 1.165) is 0 Å². The molecule has 2 aromatic carbocycles. The number of nitrogens with zero attached hydrogens (tertiary/aromatic N) is 1. The third kappa shape index (κ3) is 3.95. The van der Waals surface area contributed by atoms with Gasteiger partial charge in [0.05, 0.1) is 13.2 Å². The molecule has 0 aromatic heterocycles. The van der Waals surface area contributed by atoms with Crippen molar-refractivity contribution >= 4 is 11.9 Å². The Hall–Kier alpha value is -2.93. The summed E-state index contributed by atoms with van der Waals surface area (Å²) in [4.78, 5) is 25.1. The Balaban J connectivity index is 1.73. The summed E-state index contributed by atoms with van der Waals surface area (Å²) in [5, 5.41) is 9.21. The van der Waals surface area contributed by atoms with Gasteiger partial charge in [0.25, 0.3) is 5.91 Å². The molecule has 1 aliphatic rings. The fraction of sp³-hybridized carbons (Fsp3) is 0.222. The summed E-state index contributed by atoms with van der Waals surface area (Å²) in [6.07, 6.45) is 0. The zero-order valence-corrected chi connectivity index (χ0v) is 13.2. The molecule has 1 fully saturated rings. The quantitative estimate of drug-likeness (QED) is 0.922. The smallest absolute Gasteiger partial charge is 0.328 e. The Bertz CT molecular complexity index is 777. The van der Waals surface area contributed by atoms with Crippen LogP contribution in [0.4, 0.5) is 4.39 Å². The minimum atomic E-state index is -1.10.